The van der Waals surface area contributed by atoms with E-state index in [0.717, 1.165) is 15.8 Å². The second-order valence-electron chi connectivity index (χ2n) is 4.72. The Bertz CT molecular complexity index is 588. The molecule has 2 aromatic carbocycles. The molecule has 2 aromatic rings. The number of para-hydroxylation sites is 1. The maximum absolute atomic E-state index is 13.8. The van der Waals surface area contributed by atoms with Gasteiger partial charge < -0.3 is 10.5 Å². The summed E-state index contributed by atoms with van der Waals surface area (Å²) in [6.45, 7) is 0. The normalized spacial score (nSPS) is 12.2. The molecular weight excluding hydrogens is 321 g/mol. The molecule has 0 saturated carbocycles. The lowest BCUT2D eigenvalue weighted by molar-refractivity contribution is 0.407. The average Bonchev–Trinajstić information content (AvgIpc) is 2.42. The summed E-state index contributed by atoms with van der Waals surface area (Å²) >= 11 is 3.25. The van der Waals surface area contributed by atoms with Crippen LogP contribution in [0, 0.1) is 5.82 Å². The zero-order chi connectivity index (χ0) is 14.5. The SMILES string of the molecule is COc1ccccc1CC(N)Cc1ccc(Br)cc1F. The van der Waals surface area contributed by atoms with E-state index in [4.69, 9.17) is 10.5 Å². The lowest BCUT2D eigenvalue weighted by Crippen LogP contribution is -2.26. The van der Waals surface area contributed by atoms with Crippen molar-refractivity contribution in [3.63, 3.8) is 0 Å². The minimum atomic E-state index is -0.227. The van der Waals surface area contributed by atoms with Crippen LogP contribution in [0.1, 0.15) is 11.1 Å². The van der Waals surface area contributed by atoms with Gasteiger partial charge in [0.1, 0.15) is 11.6 Å². The summed E-state index contributed by atoms with van der Waals surface area (Å²) in [5.74, 6) is 0.592. The van der Waals surface area contributed by atoms with Crippen molar-refractivity contribution in [1.82, 2.24) is 0 Å². The van der Waals surface area contributed by atoms with Crippen LogP contribution in [0.5, 0.6) is 5.75 Å². The van der Waals surface area contributed by atoms with Crippen molar-refractivity contribution in [3.05, 3.63) is 63.9 Å². The first-order valence-corrected chi connectivity index (χ1v) is 7.21. The fourth-order valence-corrected chi connectivity index (χ4v) is 2.53. The third-order valence-electron chi connectivity index (χ3n) is 3.17. The second-order valence-corrected chi connectivity index (χ2v) is 5.63. The molecule has 0 bridgehead atoms. The van der Waals surface area contributed by atoms with Crippen LogP contribution in [-0.4, -0.2) is 13.2 Å². The number of nitrogens with two attached hydrogens (primary N) is 1. The van der Waals surface area contributed by atoms with Gasteiger partial charge in [-0.05, 0) is 42.2 Å². The van der Waals surface area contributed by atoms with Gasteiger partial charge in [-0.1, -0.05) is 40.2 Å². The van der Waals surface area contributed by atoms with E-state index in [2.05, 4.69) is 15.9 Å². The summed E-state index contributed by atoms with van der Waals surface area (Å²) in [6.07, 6.45) is 1.15. The monoisotopic (exact) mass is 337 g/mol. The van der Waals surface area contributed by atoms with Gasteiger partial charge >= 0.3 is 0 Å². The minimum Gasteiger partial charge on any atom is -0.496 e. The smallest absolute Gasteiger partial charge is 0.127 e. The zero-order valence-corrected chi connectivity index (χ0v) is 12.9. The number of ether oxygens (including phenoxy) is 1. The summed E-state index contributed by atoms with van der Waals surface area (Å²) < 4.78 is 19.8. The molecule has 0 aromatic heterocycles. The maximum atomic E-state index is 13.8. The Morgan fingerprint density at radius 3 is 2.55 bits per heavy atom. The van der Waals surface area contributed by atoms with Crippen LogP contribution < -0.4 is 10.5 Å². The molecule has 2 rings (SSSR count). The first-order valence-electron chi connectivity index (χ1n) is 6.41. The molecule has 1 atom stereocenters. The molecule has 0 spiro atoms. The number of benzene rings is 2. The minimum absolute atomic E-state index is 0.151. The van der Waals surface area contributed by atoms with Gasteiger partial charge in [-0.2, -0.15) is 0 Å². The van der Waals surface area contributed by atoms with E-state index >= 15 is 0 Å². The van der Waals surface area contributed by atoms with Gasteiger partial charge in [0.15, 0.2) is 0 Å². The van der Waals surface area contributed by atoms with Crippen LogP contribution in [0.2, 0.25) is 0 Å². The molecule has 0 radical (unpaired) electrons. The van der Waals surface area contributed by atoms with E-state index < -0.39 is 0 Å². The van der Waals surface area contributed by atoms with Crippen molar-refractivity contribution in [1.29, 1.82) is 0 Å². The zero-order valence-electron chi connectivity index (χ0n) is 11.3. The van der Waals surface area contributed by atoms with Crippen LogP contribution in [-0.2, 0) is 12.8 Å². The first-order chi connectivity index (χ1) is 9.60. The fourth-order valence-electron chi connectivity index (χ4n) is 2.20. The van der Waals surface area contributed by atoms with E-state index in [1.807, 2.05) is 30.3 Å². The van der Waals surface area contributed by atoms with Crippen LogP contribution in [0.4, 0.5) is 4.39 Å². The maximum Gasteiger partial charge on any atom is 0.127 e. The van der Waals surface area contributed by atoms with E-state index in [-0.39, 0.29) is 11.9 Å². The molecule has 106 valence electrons. The molecule has 0 aliphatic rings. The predicted octanol–water partition coefficient (Wildman–Crippen LogP) is 3.71. The van der Waals surface area contributed by atoms with Crippen molar-refractivity contribution in [2.24, 2.45) is 5.73 Å². The largest absolute Gasteiger partial charge is 0.496 e. The lowest BCUT2D eigenvalue weighted by atomic mass is 9.99. The van der Waals surface area contributed by atoms with Crippen molar-refractivity contribution in [2.75, 3.05) is 7.11 Å². The van der Waals surface area contributed by atoms with Gasteiger partial charge in [0.25, 0.3) is 0 Å². The molecule has 0 fully saturated rings. The summed E-state index contributed by atoms with van der Waals surface area (Å²) in [5.41, 5.74) is 7.81. The highest BCUT2D eigenvalue weighted by Crippen LogP contribution is 2.21. The van der Waals surface area contributed by atoms with E-state index in [1.54, 1.807) is 13.2 Å². The summed E-state index contributed by atoms with van der Waals surface area (Å²) in [4.78, 5) is 0. The Balaban J connectivity index is 2.07. The Kier molecular flexibility index (Phi) is 5.15. The van der Waals surface area contributed by atoms with Crippen molar-refractivity contribution < 1.29 is 9.13 Å². The number of hydrogen-bond donors (Lipinski definition) is 1. The first kappa shape index (κ1) is 15.0. The number of halogens is 2. The van der Waals surface area contributed by atoms with Crippen LogP contribution >= 0.6 is 15.9 Å². The third kappa shape index (κ3) is 3.81. The Morgan fingerprint density at radius 2 is 1.85 bits per heavy atom. The molecule has 0 heterocycles. The quantitative estimate of drug-likeness (QED) is 0.902. The van der Waals surface area contributed by atoms with Gasteiger partial charge in [0, 0.05) is 10.5 Å². The Labute approximate surface area is 126 Å². The third-order valence-corrected chi connectivity index (χ3v) is 3.67. The van der Waals surface area contributed by atoms with Gasteiger partial charge in [0.05, 0.1) is 7.11 Å². The van der Waals surface area contributed by atoms with E-state index in [9.17, 15) is 4.39 Å². The van der Waals surface area contributed by atoms with Gasteiger partial charge in [-0.25, -0.2) is 4.39 Å². The Hall–Kier alpha value is -1.39. The molecule has 20 heavy (non-hydrogen) atoms. The van der Waals surface area contributed by atoms with Crippen LogP contribution in [0.15, 0.2) is 46.9 Å². The molecular formula is C16H17BrFNO. The van der Waals surface area contributed by atoms with Crippen molar-refractivity contribution in [2.45, 2.75) is 18.9 Å². The molecule has 0 aliphatic carbocycles. The van der Waals surface area contributed by atoms with E-state index in [0.29, 0.717) is 18.4 Å². The highest BCUT2D eigenvalue weighted by atomic mass is 79.9. The molecule has 0 amide bonds. The molecule has 2 N–H and O–H groups in total. The highest BCUT2D eigenvalue weighted by molar-refractivity contribution is 9.10. The predicted molar refractivity (Wildman–Crippen MR) is 82.5 cm³/mol. The molecule has 2 nitrogen and oxygen atoms in total. The standard InChI is InChI=1S/C16H17BrFNO/c1-20-16-5-3-2-4-12(16)9-14(19)8-11-6-7-13(17)10-15(11)18/h2-7,10,14H,8-9,19H2,1H3. The number of methoxy groups -OCH3 is 1. The number of hydrogen-bond acceptors (Lipinski definition) is 2. The molecule has 1 unspecified atom stereocenters. The van der Waals surface area contributed by atoms with Gasteiger partial charge in [-0.15, -0.1) is 0 Å². The topological polar surface area (TPSA) is 35.2 Å². The number of rotatable bonds is 5. The second kappa shape index (κ2) is 6.86. The van der Waals surface area contributed by atoms with Crippen molar-refractivity contribution in [3.8, 4) is 5.75 Å². The summed E-state index contributed by atoms with van der Waals surface area (Å²) in [7, 11) is 1.64. The van der Waals surface area contributed by atoms with Crippen LogP contribution in [0.3, 0.4) is 0 Å². The van der Waals surface area contributed by atoms with E-state index in [1.165, 1.54) is 6.07 Å². The summed E-state index contributed by atoms with van der Waals surface area (Å²) in [6, 6.07) is 12.7. The summed E-state index contributed by atoms with van der Waals surface area (Å²) in [5, 5.41) is 0. The fraction of sp³-hybridized carbons (Fsp3) is 0.250. The van der Waals surface area contributed by atoms with Crippen LogP contribution in [0.25, 0.3) is 0 Å². The lowest BCUT2D eigenvalue weighted by Gasteiger charge is -2.14. The van der Waals surface area contributed by atoms with Gasteiger partial charge in [0.2, 0.25) is 0 Å². The van der Waals surface area contributed by atoms with Crippen molar-refractivity contribution >= 4 is 15.9 Å². The average molecular weight is 338 g/mol. The molecule has 0 aliphatic heterocycles. The Morgan fingerprint density at radius 1 is 1.15 bits per heavy atom. The molecule has 0 saturated heterocycles. The van der Waals surface area contributed by atoms with Gasteiger partial charge in [-0.3, -0.25) is 0 Å². The molecule has 4 heteroatoms. The highest BCUT2D eigenvalue weighted by Gasteiger charge is 2.12.